The summed E-state index contributed by atoms with van der Waals surface area (Å²) < 4.78 is 38.6. The number of aliphatic hydroxyl groups excluding tert-OH is 6. The topological polar surface area (TPSA) is 532 Å². The molecule has 0 aromatic heterocycles. The summed E-state index contributed by atoms with van der Waals surface area (Å²) in [6.07, 6.45) is -15.7. The van der Waals surface area contributed by atoms with E-state index in [-0.39, 0.29) is 64.4 Å². The Balaban J connectivity index is 0.0000130. The quantitative estimate of drug-likeness (QED) is 0.0446. The van der Waals surface area contributed by atoms with Gasteiger partial charge in [-0.3, -0.25) is 33.6 Å². The lowest BCUT2D eigenvalue weighted by Gasteiger charge is -2.45. The number of carboxylic acid groups (broad SMARTS) is 1. The van der Waals surface area contributed by atoms with Gasteiger partial charge in [0, 0.05) is 22.8 Å². The van der Waals surface area contributed by atoms with Crippen molar-refractivity contribution in [2.45, 2.75) is 182 Å². The van der Waals surface area contributed by atoms with E-state index in [1.54, 1.807) is 6.92 Å². The van der Waals surface area contributed by atoms with Crippen LogP contribution in [0.2, 0.25) is 10.0 Å². The zero-order valence-corrected chi connectivity index (χ0v) is 59.9. The lowest BCUT2D eigenvalue weighted by Crippen LogP contribution is -3.00. The molecule has 7 heterocycles. The number of ether oxygens (including phenoxy) is 6. The van der Waals surface area contributed by atoms with Gasteiger partial charge in [0.2, 0.25) is 53.4 Å². The summed E-state index contributed by atoms with van der Waals surface area (Å²) >= 11 is 14.2. The number of fused-ring (bicyclic) bond motifs is 15. The smallest absolute Gasteiger partial charge is 0.330 e. The number of halogens is 3. The van der Waals surface area contributed by atoms with Crippen molar-refractivity contribution >= 4 is 70.5 Å². The Morgan fingerprint density at radius 2 is 1.34 bits per heavy atom. The van der Waals surface area contributed by atoms with Gasteiger partial charge in [-0.2, -0.15) is 0 Å². The fraction of sp³-hybridized carbons (Fsp3) is 0.457. The first-order chi connectivity index (χ1) is 49.7. The number of aromatic hydroxyl groups is 3. The Kier molecular flexibility index (Phi) is 26.0. The second-order valence-electron chi connectivity index (χ2n) is 27.2. The van der Waals surface area contributed by atoms with Crippen molar-refractivity contribution in [2.75, 3.05) is 13.2 Å². The number of phenolic OH excluding ortho intramolecular Hbond substituents is 3. The van der Waals surface area contributed by atoms with Gasteiger partial charge in [0.25, 0.3) is 0 Å². The van der Waals surface area contributed by atoms with E-state index in [0.717, 1.165) is 79.6 Å². The van der Waals surface area contributed by atoms with Gasteiger partial charge >= 0.3 is 5.97 Å². The average molecular weight is 1540 g/mol. The highest BCUT2D eigenvalue weighted by molar-refractivity contribution is 6.32. The minimum absolute atomic E-state index is 0. The number of aliphatic hydroxyl groups is 6. The molecule has 0 saturated carbocycles. The highest BCUT2D eigenvalue weighted by Crippen LogP contribution is 2.50. The van der Waals surface area contributed by atoms with Crippen LogP contribution < -0.4 is 75.3 Å². The normalized spacial score (nSPS) is 28.5. The summed E-state index contributed by atoms with van der Waals surface area (Å²) in [5.74, 6) is -15.8. The van der Waals surface area contributed by atoms with Gasteiger partial charge in [-0.05, 0) is 116 Å². The Hall–Kier alpha value is -8.91. The number of unbranched alkanes of at least 4 members (excludes halogenated alkanes) is 2. The number of phenols is 3. The minimum atomic E-state index is -2.34. The van der Waals surface area contributed by atoms with Gasteiger partial charge in [-0.25, -0.2) is 4.79 Å². The summed E-state index contributed by atoms with van der Waals surface area (Å²) in [4.78, 5) is 118. The zero-order valence-electron chi connectivity index (χ0n) is 57.7. The number of rotatable bonds is 17. The van der Waals surface area contributed by atoms with Crippen LogP contribution in [-0.2, 0) is 52.6 Å². The Labute approximate surface area is 621 Å². The third kappa shape index (κ3) is 17.9. The fourth-order valence-electron chi connectivity index (χ4n) is 13.1. The SMILES string of the molecule is CCCCCN[C@H](CC(C)C)C(=O)N[C@H]1C(=O)N[C@@H](CC(N)=O)C(=O)N[C@@H]2C(=O)N[C@H]3C(=O)N[C@H](C(=O)N[C@H](C(=O)O)c4cc(O)cc(O)c4-c4cc3ccc4O)[C@H](O)c3ccc(c(Cl)c3)Oc3cc2cc(c3O[C@@H]2O[C@H](CO)[C@@H](O)[C@H](O)[C@H]2O[C@H]2C[C@](C)([NH3+])[C@H](O)[C@H](C)O2)Oc2ccc(cc2Cl)[C@H]1O.[Cl-]. The molecule has 12 rings (SSSR count). The monoisotopic (exact) mass is 1540 g/mol. The highest BCUT2D eigenvalue weighted by atomic mass is 35.5. The first-order valence-electron chi connectivity index (χ1n) is 33.7. The Morgan fingerprint density at radius 3 is 1.93 bits per heavy atom. The van der Waals surface area contributed by atoms with Crippen LogP contribution in [0.15, 0.2) is 78.9 Å². The molecule has 574 valence electrons. The molecule has 18 atom stereocenters. The number of benzene rings is 5. The molecular formula is C70H84Cl3N9O24. The number of carbonyl (C=O) groups is 8. The van der Waals surface area contributed by atoms with Crippen molar-refractivity contribution in [1.29, 1.82) is 0 Å². The lowest BCUT2D eigenvalue weighted by molar-refractivity contribution is -0.518. The second kappa shape index (κ2) is 33.9. The maximum Gasteiger partial charge on any atom is 0.330 e. The third-order valence-corrected chi connectivity index (χ3v) is 19.3. The minimum Gasteiger partial charge on any atom is -1.00 e. The van der Waals surface area contributed by atoms with Crippen LogP contribution in [0.1, 0.15) is 131 Å². The first kappa shape index (κ1) is 81.2. The van der Waals surface area contributed by atoms with Crippen molar-refractivity contribution in [2.24, 2.45) is 11.7 Å². The summed E-state index contributed by atoms with van der Waals surface area (Å²) in [5.41, 5.74) is 5.98. The molecule has 0 radical (unpaired) electrons. The second-order valence-corrected chi connectivity index (χ2v) is 28.0. The Bertz CT molecular complexity index is 4160. The molecule has 5 aromatic rings. The lowest BCUT2D eigenvalue weighted by atomic mass is 9.86. The fourth-order valence-corrected chi connectivity index (χ4v) is 13.6. The van der Waals surface area contributed by atoms with E-state index in [2.05, 4.69) is 43.0 Å². The molecule has 7 amide bonds. The van der Waals surface area contributed by atoms with Crippen LogP contribution in [0.5, 0.6) is 46.0 Å². The van der Waals surface area contributed by atoms with Crippen LogP contribution in [0.4, 0.5) is 0 Å². The first-order valence-corrected chi connectivity index (χ1v) is 34.5. The molecule has 7 aliphatic rings. The molecule has 106 heavy (non-hydrogen) atoms. The van der Waals surface area contributed by atoms with Crippen LogP contribution >= 0.6 is 23.2 Å². The Morgan fingerprint density at radius 1 is 0.726 bits per heavy atom. The molecule has 5 aromatic carbocycles. The van der Waals surface area contributed by atoms with E-state index in [4.69, 9.17) is 57.4 Å². The highest BCUT2D eigenvalue weighted by Gasteiger charge is 2.52. The summed E-state index contributed by atoms with van der Waals surface area (Å²) in [6.45, 7) is 8.28. The number of amides is 7. The molecule has 0 aliphatic carbocycles. The number of hydrogen-bond acceptors (Lipinski definition) is 24. The van der Waals surface area contributed by atoms with E-state index in [1.165, 1.54) is 19.1 Å². The van der Waals surface area contributed by atoms with Gasteiger partial charge in [0.15, 0.2) is 29.9 Å². The largest absolute Gasteiger partial charge is 1.00 e. The van der Waals surface area contributed by atoms with Gasteiger partial charge in [0.05, 0.1) is 41.6 Å². The number of quaternary nitrogens is 1. The zero-order chi connectivity index (χ0) is 76.4. The summed E-state index contributed by atoms with van der Waals surface area (Å²) in [5, 5.41) is 132. The van der Waals surface area contributed by atoms with Crippen molar-refractivity contribution in [1.82, 2.24) is 37.2 Å². The molecule has 2 fully saturated rings. The van der Waals surface area contributed by atoms with Gasteiger partial charge in [-0.1, -0.05) is 75.0 Å². The number of primary amides is 1. The van der Waals surface area contributed by atoms with Crippen LogP contribution in [0.3, 0.4) is 0 Å². The summed E-state index contributed by atoms with van der Waals surface area (Å²) in [7, 11) is 0. The predicted octanol–water partition coefficient (Wildman–Crippen LogP) is -2.05. The van der Waals surface area contributed by atoms with E-state index >= 15 is 19.2 Å². The van der Waals surface area contributed by atoms with Crippen molar-refractivity contribution < 1.29 is 136 Å². The van der Waals surface area contributed by atoms with Crippen LogP contribution in [-0.4, -0.2) is 190 Å². The van der Waals surface area contributed by atoms with Gasteiger partial charge in [-0.15, -0.1) is 0 Å². The van der Waals surface area contributed by atoms with E-state index in [9.17, 15) is 70.2 Å². The molecule has 33 nitrogen and oxygen atoms in total. The average Bonchev–Trinajstić information content (AvgIpc) is 0.768. The van der Waals surface area contributed by atoms with Crippen LogP contribution in [0, 0.1) is 5.92 Å². The van der Waals surface area contributed by atoms with Gasteiger partial charge in [0.1, 0.15) is 101 Å². The summed E-state index contributed by atoms with van der Waals surface area (Å²) in [6, 6.07) is -0.469. The van der Waals surface area contributed by atoms with Crippen molar-refractivity contribution in [3.63, 3.8) is 0 Å². The van der Waals surface area contributed by atoms with E-state index in [0.29, 0.717) is 13.0 Å². The third-order valence-electron chi connectivity index (χ3n) is 18.7. The molecule has 2 saturated heterocycles. The number of nitrogens with one attached hydrogen (secondary N) is 7. The molecular weight excluding hydrogens is 1460 g/mol. The molecule has 22 N–H and O–H groups in total. The molecule has 0 unspecified atom stereocenters. The molecule has 0 spiro atoms. The van der Waals surface area contributed by atoms with Crippen molar-refractivity contribution in [3.8, 4) is 57.1 Å². The number of aliphatic carboxylic acids is 1. The maximum atomic E-state index is 16.1. The number of carboxylic acids is 1. The van der Waals surface area contributed by atoms with Gasteiger partial charge < -0.3 is 141 Å². The van der Waals surface area contributed by atoms with E-state index in [1.807, 2.05) is 20.8 Å². The molecule has 7 aliphatic heterocycles. The number of nitrogens with two attached hydrogens (primary N) is 1. The molecule has 11 bridgehead atoms. The van der Waals surface area contributed by atoms with Crippen LogP contribution in [0.25, 0.3) is 11.1 Å². The maximum absolute atomic E-state index is 16.1. The number of hydrogen-bond donors (Lipinski definition) is 19. The standard InChI is InChI=1S/C70H83Cl2N9O24.ClH/c1-6-7-8-15-75-38(16-27(2)3)62(92)80-53-55(87)30-10-13-42(36(71)18-30)101-44-20-32-21-45(59(44)105-69-60(58(90)57(89)46(26-82)103-69)104-48-25-70(5,74)61(91)28(4)100-48)102-43-14-11-31(19-37(43)72)56(88)54-67(97)79-52(68(98)99)35-22-33(83)23-41(85)49(35)34-17-29(9-12-40(34)84)50(64(94)81-54)78-65(95)51(32)77-63(93)39(24-47(73)86)76-66(53)96;/h9-14,17-23,27-28,38-39,46,48,50-58,60-61,69,75,82-85,87-91H,6-8,15-16,24-26,74H2,1-5H3,(H2,73,86)(H,76,96)(H,77,93)(H,78,95)(H,79,97)(H,80,92)(H,81,94)(H,98,99);1H/t28-,38+,39-,46+,48-,50+,51-,52-,53+,54-,55+,56+,57+,58-,60+,61+,69-,70-;/m0./s1. The molecule has 36 heteroatoms. The predicted molar refractivity (Wildman–Crippen MR) is 366 cm³/mol. The van der Waals surface area contributed by atoms with Crippen molar-refractivity contribution in [3.05, 3.63) is 117 Å². The van der Waals surface area contributed by atoms with E-state index < -0.39 is 231 Å². The number of carbonyl (C=O) groups excluding carboxylic acids is 7.